The normalized spacial score (nSPS) is 24.7. The van der Waals surface area contributed by atoms with E-state index in [4.69, 9.17) is 0 Å². The molecule has 2 atom stereocenters. The fourth-order valence-electron chi connectivity index (χ4n) is 5.03. The van der Waals surface area contributed by atoms with Crippen molar-refractivity contribution in [2.24, 2.45) is 0 Å². The Balaban J connectivity index is 1.43. The van der Waals surface area contributed by atoms with Crippen LogP contribution in [0.25, 0.3) is 0 Å². The number of nitrogens with one attached hydrogen (secondary N) is 1. The monoisotopic (exact) mass is 494 g/mol. The molecule has 33 heavy (non-hydrogen) atoms. The Hall–Kier alpha value is -1.62. The third-order valence-corrected chi connectivity index (χ3v) is 9.89. The molecule has 2 fully saturated rings. The Labute approximate surface area is 201 Å². The molecule has 4 rings (SSSR count). The Kier molecular flexibility index (Phi) is 7.67. The number of carbonyl (C=O) groups excluding carboxylic acids is 2. The first-order valence-electron chi connectivity index (χ1n) is 11.9. The van der Waals surface area contributed by atoms with Gasteiger partial charge in [-0.1, -0.05) is 6.42 Å². The van der Waals surface area contributed by atoms with Crippen molar-refractivity contribution in [1.29, 1.82) is 0 Å². The van der Waals surface area contributed by atoms with Crippen molar-refractivity contribution in [3.8, 4) is 0 Å². The minimum atomic E-state index is -3.60. The molecule has 0 spiro atoms. The molecule has 0 unspecified atom stereocenters. The van der Waals surface area contributed by atoms with Crippen LogP contribution in [-0.4, -0.2) is 80.0 Å². The maximum absolute atomic E-state index is 13.0. The van der Waals surface area contributed by atoms with E-state index >= 15 is 0 Å². The number of thioether (sulfide) groups is 1. The summed E-state index contributed by atoms with van der Waals surface area (Å²) in [6.07, 6.45) is 5.32. The van der Waals surface area contributed by atoms with Crippen LogP contribution in [0, 0.1) is 0 Å². The average Bonchev–Trinajstić information content (AvgIpc) is 3.33. The van der Waals surface area contributed by atoms with Crippen LogP contribution in [0.1, 0.15) is 46.0 Å². The van der Waals surface area contributed by atoms with Crippen LogP contribution in [-0.2, 0) is 19.6 Å². The van der Waals surface area contributed by atoms with Gasteiger partial charge in [-0.3, -0.25) is 14.5 Å². The van der Waals surface area contributed by atoms with E-state index in [1.165, 1.54) is 40.2 Å². The summed E-state index contributed by atoms with van der Waals surface area (Å²) in [5.74, 6) is -0.177. The van der Waals surface area contributed by atoms with Crippen LogP contribution in [0.15, 0.2) is 28.0 Å². The van der Waals surface area contributed by atoms with Gasteiger partial charge in [0.15, 0.2) is 0 Å². The molecule has 182 valence electrons. The van der Waals surface area contributed by atoms with Gasteiger partial charge in [0, 0.05) is 43.2 Å². The lowest BCUT2D eigenvalue weighted by Crippen LogP contribution is -2.49. The van der Waals surface area contributed by atoms with Crippen molar-refractivity contribution >= 4 is 39.3 Å². The van der Waals surface area contributed by atoms with Gasteiger partial charge in [0.1, 0.15) is 6.54 Å². The molecule has 0 radical (unpaired) electrons. The van der Waals surface area contributed by atoms with Gasteiger partial charge >= 0.3 is 0 Å². The van der Waals surface area contributed by atoms with Crippen LogP contribution in [0.2, 0.25) is 0 Å². The topological polar surface area (TPSA) is 90.0 Å². The minimum absolute atomic E-state index is 0.106. The highest BCUT2D eigenvalue weighted by Gasteiger charge is 2.32. The zero-order valence-electron chi connectivity index (χ0n) is 19.5. The van der Waals surface area contributed by atoms with Gasteiger partial charge < -0.3 is 10.2 Å². The number of fused-ring (bicyclic) bond motifs is 1. The van der Waals surface area contributed by atoms with Crippen molar-refractivity contribution in [1.82, 2.24) is 14.5 Å². The van der Waals surface area contributed by atoms with E-state index in [1.54, 1.807) is 18.2 Å². The third-order valence-electron chi connectivity index (χ3n) is 6.95. The number of amides is 2. The Morgan fingerprint density at radius 2 is 1.82 bits per heavy atom. The maximum Gasteiger partial charge on any atom is 0.243 e. The number of sulfonamides is 1. The van der Waals surface area contributed by atoms with Crippen LogP contribution < -0.4 is 10.2 Å². The molecule has 1 N–H and O–H groups in total. The fraction of sp³-hybridized carbons (Fsp3) is 0.652. The number of hydrogen-bond acceptors (Lipinski definition) is 6. The molecule has 3 heterocycles. The largest absolute Gasteiger partial charge is 0.353 e. The minimum Gasteiger partial charge on any atom is -0.353 e. The average molecular weight is 495 g/mol. The summed E-state index contributed by atoms with van der Waals surface area (Å²) in [5, 5.41) is 2.95. The lowest BCUT2D eigenvalue weighted by Gasteiger charge is -2.39. The first kappa shape index (κ1) is 24.5. The Morgan fingerprint density at radius 3 is 2.52 bits per heavy atom. The van der Waals surface area contributed by atoms with E-state index in [0.717, 1.165) is 24.3 Å². The molecule has 0 aliphatic carbocycles. The second-order valence-electron chi connectivity index (χ2n) is 9.23. The van der Waals surface area contributed by atoms with Crippen molar-refractivity contribution in [2.45, 2.75) is 67.8 Å². The number of nitrogens with zero attached hydrogens (tertiary/aromatic N) is 3. The number of anilines is 1. The zero-order chi connectivity index (χ0) is 23.6. The highest BCUT2D eigenvalue weighted by Crippen LogP contribution is 2.37. The van der Waals surface area contributed by atoms with Crippen LogP contribution in [0.3, 0.4) is 0 Å². The predicted molar refractivity (Wildman–Crippen MR) is 130 cm³/mol. The van der Waals surface area contributed by atoms with E-state index in [2.05, 4.69) is 24.1 Å². The van der Waals surface area contributed by atoms with Gasteiger partial charge in [-0.25, -0.2) is 8.42 Å². The third kappa shape index (κ3) is 5.39. The summed E-state index contributed by atoms with van der Waals surface area (Å²) in [7, 11) is -3.60. The van der Waals surface area contributed by atoms with Crippen molar-refractivity contribution in [3.05, 3.63) is 18.2 Å². The van der Waals surface area contributed by atoms with Gasteiger partial charge in [-0.15, -0.1) is 11.8 Å². The molecule has 3 aliphatic heterocycles. The Bertz CT molecular complexity index is 984. The molecule has 3 aliphatic rings. The standard InChI is InChI=1S/C23H34N4O4S2/c1-17-6-5-7-18(2)26(17)13-10-24-22(28)15-27-20-14-19(8-9-21(20)32-16-23(27)29)33(30,31)25-11-3-4-12-25/h8-9,14,17-18H,3-7,10-13,15-16H2,1-2H3,(H,24,28)/t17-,18+. The summed E-state index contributed by atoms with van der Waals surface area (Å²) < 4.78 is 27.5. The number of piperidine rings is 1. The molecule has 2 amide bonds. The lowest BCUT2D eigenvalue weighted by atomic mass is 9.98. The summed E-state index contributed by atoms with van der Waals surface area (Å²) in [6.45, 7) is 6.71. The molecule has 2 saturated heterocycles. The molecule has 1 aromatic carbocycles. The van der Waals surface area contributed by atoms with Crippen LogP contribution >= 0.6 is 11.8 Å². The zero-order valence-corrected chi connectivity index (χ0v) is 21.1. The quantitative estimate of drug-likeness (QED) is 0.626. The molecule has 0 bridgehead atoms. The second-order valence-corrected chi connectivity index (χ2v) is 12.2. The molecule has 1 aromatic rings. The predicted octanol–water partition coefficient (Wildman–Crippen LogP) is 2.29. The van der Waals surface area contributed by atoms with Gasteiger partial charge in [0.2, 0.25) is 21.8 Å². The van der Waals surface area contributed by atoms with E-state index in [1.807, 2.05) is 0 Å². The highest BCUT2D eigenvalue weighted by molar-refractivity contribution is 8.00. The van der Waals surface area contributed by atoms with Gasteiger partial charge in [-0.05, 0) is 57.7 Å². The number of rotatable bonds is 7. The summed E-state index contributed by atoms with van der Waals surface area (Å²) in [6, 6.07) is 5.93. The molecule has 0 saturated carbocycles. The first-order chi connectivity index (χ1) is 15.8. The Morgan fingerprint density at radius 1 is 1.12 bits per heavy atom. The van der Waals surface area contributed by atoms with Crippen LogP contribution in [0.4, 0.5) is 5.69 Å². The van der Waals surface area contributed by atoms with Crippen molar-refractivity contribution in [2.75, 3.05) is 43.4 Å². The summed E-state index contributed by atoms with van der Waals surface area (Å²) in [5.41, 5.74) is 0.505. The lowest BCUT2D eigenvalue weighted by molar-refractivity contribution is -0.123. The maximum atomic E-state index is 13.0. The fourth-order valence-corrected chi connectivity index (χ4v) is 7.49. The van der Waals surface area contributed by atoms with Gasteiger partial charge in [0.25, 0.3) is 0 Å². The summed E-state index contributed by atoms with van der Waals surface area (Å²) >= 11 is 1.38. The van der Waals surface area contributed by atoms with E-state index in [-0.39, 0.29) is 29.0 Å². The van der Waals surface area contributed by atoms with Gasteiger partial charge in [0.05, 0.1) is 16.3 Å². The molecular formula is C23H34N4O4S2. The van der Waals surface area contributed by atoms with E-state index in [0.29, 0.717) is 37.4 Å². The molecule has 0 aromatic heterocycles. The number of hydrogen-bond donors (Lipinski definition) is 1. The first-order valence-corrected chi connectivity index (χ1v) is 14.3. The smallest absolute Gasteiger partial charge is 0.243 e. The number of benzene rings is 1. The van der Waals surface area contributed by atoms with Crippen molar-refractivity contribution < 1.29 is 18.0 Å². The van der Waals surface area contributed by atoms with E-state index in [9.17, 15) is 18.0 Å². The van der Waals surface area contributed by atoms with Crippen LogP contribution in [0.5, 0.6) is 0 Å². The highest BCUT2D eigenvalue weighted by atomic mass is 32.2. The van der Waals surface area contributed by atoms with E-state index < -0.39 is 10.0 Å². The summed E-state index contributed by atoms with van der Waals surface area (Å²) in [4.78, 5) is 30.2. The number of carbonyl (C=O) groups is 2. The van der Waals surface area contributed by atoms with Crippen molar-refractivity contribution in [3.63, 3.8) is 0 Å². The van der Waals surface area contributed by atoms with Gasteiger partial charge in [-0.2, -0.15) is 4.31 Å². The molecule has 10 heteroatoms. The molecule has 8 nitrogen and oxygen atoms in total. The number of likely N-dealkylation sites (tertiary alicyclic amines) is 1. The molecular weight excluding hydrogens is 460 g/mol. The second kappa shape index (κ2) is 10.3. The SMILES string of the molecule is C[C@@H]1CCC[C@H](C)N1CCNC(=O)CN1C(=O)CSc2ccc(S(=O)(=O)N3CCCC3)cc21.